The lowest BCUT2D eigenvalue weighted by Crippen LogP contribution is -2.17. The Bertz CT molecular complexity index is 947. The molecule has 2 N–H and O–H groups in total. The van der Waals surface area contributed by atoms with Crippen molar-refractivity contribution < 1.29 is 19.1 Å². The van der Waals surface area contributed by atoms with E-state index in [1.807, 2.05) is 36.4 Å². The molecule has 0 bridgehead atoms. The molecular weight excluding hydrogens is 568 g/mol. The molecule has 2 amide bonds. The Morgan fingerprint density at radius 3 is 1.56 bits per heavy atom. The Hall–Kier alpha value is -2.72. The quantitative estimate of drug-likeness (QED) is 0.189. The number of hydrogen-bond donors (Lipinski definition) is 2. The van der Waals surface area contributed by atoms with Crippen molar-refractivity contribution in [3.8, 4) is 11.5 Å². The van der Waals surface area contributed by atoms with E-state index in [1.165, 1.54) is 0 Å². The molecule has 34 heavy (non-hydrogen) atoms. The Labute approximate surface area is 216 Å². The average Bonchev–Trinajstić information content (AvgIpc) is 2.81. The van der Waals surface area contributed by atoms with E-state index in [1.54, 1.807) is 26.6 Å². The topological polar surface area (TPSA) is 101 Å². The smallest absolute Gasteiger partial charge is 0.240 e. The summed E-state index contributed by atoms with van der Waals surface area (Å²) in [4.78, 5) is 23.9. The van der Waals surface area contributed by atoms with Crippen molar-refractivity contribution in [1.29, 1.82) is 0 Å². The second-order valence-corrected chi connectivity index (χ2v) is 9.10. The van der Waals surface area contributed by atoms with Gasteiger partial charge in [0, 0.05) is 32.9 Å². The van der Waals surface area contributed by atoms with Gasteiger partial charge in [0.15, 0.2) is 0 Å². The largest absolute Gasteiger partial charge is 0.496 e. The number of methoxy groups -OCH3 is 2. The van der Waals surface area contributed by atoms with E-state index in [0.29, 0.717) is 24.3 Å². The lowest BCUT2D eigenvalue weighted by molar-refractivity contribution is -0.122. The van der Waals surface area contributed by atoms with Gasteiger partial charge in [-0.15, -0.1) is 0 Å². The third-order valence-corrected chi connectivity index (χ3v) is 5.71. The summed E-state index contributed by atoms with van der Waals surface area (Å²) in [6, 6.07) is 11.1. The number of hydrogen-bond acceptors (Lipinski definition) is 6. The number of amides is 2. The summed E-state index contributed by atoms with van der Waals surface area (Å²) in [6.07, 6.45) is 7.00. The summed E-state index contributed by atoms with van der Waals surface area (Å²) in [5, 5.41) is 7.99. The average molecular weight is 596 g/mol. The highest BCUT2D eigenvalue weighted by atomic mass is 79.9. The number of carbonyl (C=O) groups excluding carboxylic acids is 2. The molecule has 0 saturated heterocycles. The van der Waals surface area contributed by atoms with Crippen molar-refractivity contribution in [3.63, 3.8) is 0 Å². The van der Waals surface area contributed by atoms with Crippen LogP contribution < -0.4 is 20.3 Å². The van der Waals surface area contributed by atoms with Gasteiger partial charge in [-0.25, -0.2) is 10.9 Å². The molecule has 0 spiro atoms. The number of hydrazone groups is 2. The van der Waals surface area contributed by atoms with Crippen LogP contribution in [0.3, 0.4) is 0 Å². The van der Waals surface area contributed by atoms with Gasteiger partial charge in [-0.3, -0.25) is 9.59 Å². The number of nitrogens with one attached hydrogen (secondary N) is 2. The SMILES string of the molecule is COc1ccc(Br)cc1/C=N/NC(=O)CCCCCCC(=O)N/N=C/c1cc(Br)ccc1OC. The molecule has 0 fully saturated rings. The summed E-state index contributed by atoms with van der Waals surface area (Å²) in [5.41, 5.74) is 6.57. The maximum Gasteiger partial charge on any atom is 0.240 e. The second kappa shape index (κ2) is 15.2. The molecule has 10 heteroatoms. The van der Waals surface area contributed by atoms with E-state index >= 15 is 0 Å². The van der Waals surface area contributed by atoms with Gasteiger partial charge in [-0.05, 0) is 49.2 Å². The Kier molecular flexibility index (Phi) is 12.3. The molecule has 2 aromatic rings. The first-order valence-electron chi connectivity index (χ1n) is 10.7. The van der Waals surface area contributed by atoms with Gasteiger partial charge in [0.1, 0.15) is 11.5 Å². The first-order valence-corrected chi connectivity index (χ1v) is 12.3. The van der Waals surface area contributed by atoms with Crippen molar-refractivity contribution in [2.75, 3.05) is 14.2 Å². The number of benzene rings is 2. The minimum atomic E-state index is -0.153. The lowest BCUT2D eigenvalue weighted by atomic mass is 10.1. The summed E-state index contributed by atoms with van der Waals surface area (Å²) in [7, 11) is 3.16. The Morgan fingerprint density at radius 2 is 1.18 bits per heavy atom. The molecule has 0 unspecified atom stereocenters. The molecule has 0 heterocycles. The van der Waals surface area contributed by atoms with Crippen LogP contribution in [0.1, 0.15) is 49.7 Å². The van der Waals surface area contributed by atoms with Gasteiger partial charge < -0.3 is 9.47 Å². The summed E-state index contributed by atoms with van der Waals surface area (Å²) in [5.74, 6) is 1.04. The molecule has 0 saturated carbocycles. The van der Waals surface area contributed by atoms with Crippen LogP contribution in [0, 0.1) is 0 Å². The van der Waals surface area contributed by atoms with Crippen molar-refractivity contribution in [3.05, 3.63) is 56.5 Å². The van der Waals surface area contributed by atoms with E-state index in [9.17, 15) is 9.59 Å². The molecule has 0 radical (unpaired) electrons. The number of halogens is 2. The van der Waals surface area contributed by atoms with Crippen LogP contribution in [-0.4, -0.2) is 38.5 Å². The van der Waals surface area contributed by atoms with Crippen molar-refractivity contribution >= 4 is 56.1 Å². The normalized spacial score (nSPS) is 11.1. The zero-order valence-corrected chi connectivity index (χ0v) is 22.3. The van der Waals surface area contributed by atoms with E-state index < -0.39 is 0 Å². The number of ether oxygens (including phenoxy) is 2. The zero-order chi connectivity index (χ0) is 24.8. The molecule has 2 aromatic carbocycles. The molecule has 0 aliphatic rings. The van der Waals surface area contributed by atoms with Gasteiger partial charge in [0.05, 0.1) is 26.6 Å². The monoisotopic (exact) mass is 594 g/mol. The first kappa shape index (κ1) is 27.5. The second-order valence-electron chi connectivity index (χ2n) is 7.27. The van der Waals surface area contributed by atoms with Gasteiger partial charge in [-0.2, -0.15) is 10.2 Å². The third-order valence-electron chi connectivity index (χ3n) is 4.73. The molecule has 182 valence electrons. The van der Waals surface area contributed by atoms with Crippen LogP contribution in [0.15, 0.2) is 55.5 Å². The van der Waals surface area contributed by atoms with Crippen LogP contribution in [0.4, 0.5) is 0 Å². The fourth-order valence-corrected chi connectivity index (χ4v) is 3.75. The van der Waals surface area contributed by atoms with Gasteiger partial charge in [-0.1, -0.05) is 44.7 Å². The molecular formula is C24H28Br2N4O4. The summed E-state index contributed by atoms with van der Waals surface area (Å²) in [6.45, 7) is 0. The predicted octanol–water partition coefficient (Wildman–Crippen LogP) is 5.17. The minimum absolute atomic E-state index is 0.153. The molecule has 0 atom stereocenters. The van der Waals surface area contributed by atoms with Crippen LogP contribution in [0.25, 0.3) is 0 Å². The number of carbonyl (C=O) groups is 2. The molecule has 0 aromatic heterocycles. The highest BCUT2D eigenvalue weighted by Gasteiger charge is 2.04. The molecule has 0 aliphatic heterocycles. The third kappa shape index (κ3) is 10.0. The maximum atomic E-state index is 11.9. The van der Waals surface area contributed by atoms with Crippen molar-refractivity contribution in [2.24, 2.45) is 10.2 Å². The molecule has 0 aliphatic carbocycles. The van der Waals surface area contributed by atoms with Crippen LogP contribution in [0.5, 0.6) is 11.5 Å². The van der Waals surface area contributed by atoms with Gasteiger partial charge in [0.25, 0.3) is 0 Å². The molecule has 8 nitrogen and oxygen atoms in total. The predicted molar refractivity (Wildman–Crippen MR) is 141 cm³/mol. The first-order chi connectivity index (χ1) is 16.4. The van der Waals surface area contributed by atoms with Gasteiger partial charge >= 0.3 is 0 Å². The van der Waals surface area contributed by atoms with E-state index in [0.717, 1.165) is 45.8 Å². The Balaban J connectivity index is 1.59. The summed E-state index contributed by atoms with van der Waals surface area (Å²) >= 11 is 6.79. The standard InChI is InChI=1S/C24H28Br2N4O4/c1-33-21-11-9-19(25)13-17(21)15-27-29-23(31)7-5-3-4-6-8-24(32)30-28-16-18-14-20(26)10-12-22(18)34-2/h9-16H,3-8H2,1-2H3,(H,29,31)(H,30,32)/b27-15+,28-16+. The van der Waals surface area contributed by atoms with Crippen LogP contribution in [-0.2, 0) is 9.59 Å². The van der Waals surface area contributed by atoms with E-state index in [-0.39, 0.29) is 11.8 Å². The fourth-order valence-electron chi connectivity index (χ4n) is 3.00. The zero-order valence-electron chi connectivity index (χ0n) is 19.1. The molecule has 2 rings (SSSR count). The highest BCUT2D eigenvalue weighted by Crippen LogP contribution is 2.22. The maximum absolute atomic E-state index is 11.9. The fraction of sp³-hybridized carbons (Fsp3) is 0.333. The number of nitrogens with zero attached hydrogens (tertiary/aromatic N) is 2. The number of rotatable bonds is 13. The van der Waals surface area contributed by atoms with E-state index in [2.05, 4.69) is 52.9 Å². The van der Waals surface area contributed by atoms with Gasteiger partial charge in [0.2, 0.25) is 11.8 Å². The summed E-state index contributed by atoms with van der Waals surface area (Å²) < 4.78 is 12.3. The van der Waals surface area contributed by atoms with Crippen molar-refractivity contribution in [2.45, 2.75) is 38.5 Å². The lowest BCUT2D eigenvalue weighted by Gasteiger charge is -2.05. The van der Waals surface area contributed by atoms with Crippen LogP contribution in [0.2, 0.25) is 0 Å². The van der Waals surface area contributed by atoms with E-state index in [4.69, 9.17) is 9.47 Å². The highest BCUT2D eigenvalue weighted by molar-refractivity contribution is 9.10. The van der Waals surface area contributed by atoms with Crippen molar-refractivity contribution in [1.82, 2.24) is 10.9 Å². The number of unbranched alkanes of at least 4 members (excludes halogenated alkanes) is 3. The minimum Gasteiger partial charge on any atom is -0.496 e. The van der Waals surface area contributed by atoms with Crippen LogP contribution >= 0.6 is 31.9 Å². The Morgan fingerprint density at radius 1 is 0.765 bits per heavy atom.